The number of esters is 1. The second-order valence-electron chi connectivity index (χ2n) is 7.08. The fourth-order valence-electron chi connectivity index (χ4n) is 2.94. The Labute approximate surface area is 171 Å². The maximum absolute atomic E-state index is 11.5. The van der Waals surface area contributed by atoms with E-state index in [1.807, 2.05) is 0 Å². The molecule has 0 unspecified atom stereocenters. The van der Waals surface area contributed by atoms with Crippen molar-refractivity contribution >= 4 is 23.4 Å². The summed E-state index contributed by atoms with van der Waals surface area (Å²) in [4.78, 5) is 20.5. The predicted molar refractivity (Wildman–Crippen MR) is 113 cm³/mol. The second-order valence-corrected chi connectivity index (χ2v) is 7.96. The molecule has 7 heteroatoms. The first-order valence-electron chi connectivity index (χ1n) is 9.36. The number of carbonyl (C=O) groups excluding carboxylic acids is 1. The van der Waals surface area contributed by atoms with Crippen LogP contribution in [0.3, 0.4) is 0 Å². The third kappa shape index (κ3) is 6.09. The summed E-state index contributed by atoms with van der Waals surface area (Å²) in [5.41, 5.74) is 1.88. The largest absolute Gasteiger partial charge is 0.459 e. The molecule has 1 aromatic rings. The monoisotopic (exact) mass is 406 g/mol. The van der Waals surface area contributed by atoms with Crippen LogP contribution in [0.5, 0.6) is 0 Å². The van der Waals surface area contributed by atoms with E-state index in [1.54, 1.807) is 18.7 Å². The summed E-state index contributed by atoms with van der Waals surface area (Å²) in [5.74, 6) is -0.422. The predicted octanol–water partition coefficient (Wildman–Crippen LogP) is 3.36. The molecule has 0 spiro atoms. The molecule has 1 fully saturated rings. The Bertz CT molecular complexity index is 695. The lowest BCUT2D eigenvalue weighted by Gasteiger charge is -2.41. The number of morpholine rings is 1. The summed E-state index contributed by atoms with van der Waals surface area (Å²) < 4.78 is 10.6. The topological polar surface area (TPSA) is 60.4 Å². The van der Waals surface area contributed by atoms with Crippen LogP contribution in [-0.2, 0) is 19.1 Å². The Morgan fingerprint density at radius 2 is 1.89 bits per heavy atom. The molecule has 28 heavy (non-hydrogen) atoms. The number of thioether (sulfide) groups is 1. The van der Waals surface area contributed by atoms with Gasteiger partial charge in [0, 0.05) is 29.1 Å². The number of nitrogens with zero attached hydrogens (tertiary/aromatic N) is 2. The summed E-state index contributed by atoms with van der Waals surface area (Å²) >= 11 is 1.70. The SMILES string of the molecule is C=C(C)C(=O)OCCO/N=C(/c1ccc(SC)cc1)C(C)(C)N1CCOCC1. The van der Waals surface area contributed by atoms with Gasteiger partial charge in [0.2, 0.25) is 0 Å². The van der Waals surface area contributed by atoms with Crippen molar-refractivity contribution in [3.63, 3.8) is 0 Å². The van der Waals surface area contributed by atoms with Crippen molar-refractivity contribution in [1.29, 1.82) is 0 Å². The standard InChI is InChI=1S/C21H30N2O4S/c1-16(2)20(24)26-14-15-27-22-19(17-6-8-18(28-5)9-7-17)21(3,4)23-10-12-25-13-11-23/h6-9H,1,10-15H2,2-5H3/b22-19-. The van der Waals surface area contributed by atoms with Crippen molar-refractivity contribution < 1.29 is 19.1 Å². The van der Waals surface area contributed by atoms with Crippen molar-refractivity contribution in [3.05, 3.63) is 42.0 Å². The molecule has 1 aromatic carbocycles. The summed E-state index contributed by atoms with van der Waals surface area (Å²) in [7, 11) is 0. The molecule has 0 saturated carbocycles. The third-order valence-corrected chi connectivity index (χ3v) is 5.40. The van der Waals surface area contributed by atoms with Crippen LogP contribution in [0.15, 0.2) is 46.5 Å². The van der Waals surface area contributed by atoms with Gasteiger partial charge in [-0.15, -0.1) is 11.8 Å². The van der Waals surface area contributed by atoms with E-state index >= 15 is 0 Å². The van der Waals surface area contributed by atoms with E-state index in [2.05, 4.69) is 61.0 Å². The zero-order valence-electron chi connectivity index (χ0n) is 17.2. The van der Waals surface area contributed by atoms with Crippen molar-refractivity contribution in [3.8, 4) is 0 Å². The lowest BCUT2D eigenvalue weighted by atomic mass is 9.90. The average molecular weight is 407 g/mol. The first-order valence-corrected chi connectivity index (χ1v) is 10.6. The Balaban J connectivity index is 2.15. The van der Waals surface area contributed by atoms with Crippen LogP contribution in [0.25, 0.3) is 0 Å². The maximum Gasteiger partial charge on any atom is 0.333 e. The number of benzene rings is 1. The normalized spacial score (nSPS) is 15.9. The van der Waals surface area contributed by atoms with E-state index in [0.717, 1.165) is 24.4 Å². The van der Waals surface area contributed by atoms with Gasteiger partial charge in [-0.1, -0.05) is 23.9 Å². The number of hydrogen-bond acceptors (Lipinski definition) is 7. The zero-order valence-corrected chi connectivity index (χ0v) is 18.0. The average Bonchev–Trinajstić information content (AvgIpc) is 2.71. The van der Waals surface area contributed by atoms with Crippen molar-refractivity contribution in [2.45, 2.75) is 31.2 Å². The van der Waals surface area contributed by atoms with Crippen LogP contribution < -0.4 is 0 Å². The van der Waals surface area contributed by atoms with Gasteiger partial charge in [0.25, 0.3) is 0 Å². The van der Waals surface area contributed by atoms with E-state index in [-0.39, 0.29) is 18.8 Å². The highest BCUT2D eigenvalue weighted by Crippen LogP contribution is 2.25. The maximum atomic E-state index is 11.5. The van der Waals surface area contributed by atoms with Gasteiger partial charge in [-0.05, 0) is 39.2 Å². The molecule has 2 rings (SSSR count). The van der Waals surface area contributed by atoms with Gasteiger partial charge in [0.15, 0.2) is 6.61 Å². The molecule has 1 aliphatic rings. The van der Waals surface area contributed by atoms with E-state index < -0.39 is 5.97 Å². The fourth-order valence-corrected chi connectivity index (χ4v) is 3.35. The molecule has 0 bridgehead atoms. The van der Waals surface area contributed by atoms with Crippen molar-refractivity contribution in [1.82, 2.24) is 4.90 Å². The molecule has 1 aliphatic heterocycles. The van der Waals surface area contributed by atoms with Crippen molar-refractivity contribution in [2.24, 2.45) is 5.16 Å². The molecule has 0 aromatic heterocycles. The first kappa shape index (κ1) is 22.5. The minimum Gasteiger partial charge on any atom is -0.459 e. The highest BCUT2D eigenvalue weighted by atomic mass is 32.2. The molecule has 154 valence electrons. The Kier molecular flexibility index (Phi) is 8.54. The number of oxime groups is 1. The van der Waals surface area contributed by atoms with E-state index in [9.17, 15) is 4.79 Å². The molecule has 0 atom stereocenters. The van der Waals surface area contributed by atoms with Gasteiger partial charge in [-0.2, -0.15) is 0 Å². The van der Waals surface area contributed by atoms with Crippen LogP contribution in [0.4, 0.5) is 0 Å². The minimum atomic E-state index is -0.422. The Morgan fingerprint density at radius 1 is 1.25 bits per heavy atom. The summed E-state index contributed by atoms with van der Waals surface area (Å²) in [6, 6.07) is 8.30. The lowest BCUT2D eigenvalue weighted by molar-refractivity contribution is -0.140. The van der Waals surface area contributed by atoms with Gasteiger partial charge in [0.05, 0.1) is 18.8 Å². The Morgan fingerprint density at radius 3 is 2.46 bits per heavy atom. The summed E-state index contributed by atoms with van der Waals surface area (Å²) in [6.45, 7) is 12.9. The molecule has 0 amide bonds. The molecule has 1 heterocycles. The number of hydrogen-bond donors (Lipinski definition) is 0. The smallest absolute Gasteiger partial charge is 0.333 e. The molecule has 1 saturated heterocycles. The van der Waals surface area contributed by atoms with E-state index in [1.165, 1.54) is 4.90 Å². The Hall–Kier alpha value is -1.83. The lowest BCUT2D eigenvalue weighted by Crippen LogP contribution is -2.54. The van der Waals surface area contributed by atoms with E-state index in [0.29, 0.717) is 18.8 Å². The quantitative estimate of drug-likeness (QED) is 0.157. The number of carbonyl (C=O) groups is 1. The molecule has 6 nitrogen and oxygen atoms in total. The van der Waals surface area contributed by atoms with Crippen LogP contribution in [0, 0.1) is 0 Å². The van der Waals surface area contributed by atoms with Crippen LogP contribution in [0.2, 0.25) is 0 Å². The second kappa shape index (κ2) is 10.6. The van der Waals surface area contributed by atoms with Gasteiger partial charge >= 0.3 is 5.97 Å². The zero-order chi connectivity index (χ0) is 20.6. The highest BCUT2D eigenvalue weighted by Gasteiger charge is 2.35. The number of rotatable bonds is 9. The fraction of sp³-hybridized carbons (Fsp3) is 0.524. The van der Waals surface area contributed by atoms with Crippen LogP contribution in [-0.4, -0.2) is 67.9 Å². The van der Waals surface area contributed by atoms with Crippen molar-refractivity contribution in [2.75, 3.05) is 45.8 Å². The number of ether oxygens (including phenoxy) is 2. The van der Waals surface area contributed by atoms with Crippen LogP contribution >= 0.6 is 11.8 Å². The third-order valence-electron chi connectivity index (χ3n) is 4.66. The van der Waals surface area contributed by atoms with Gasteiger partial charge in [-0.25, -0.2) is 4.79 Å². The minimum absolute atomic E-state index is 0.131. The molecular weight excluding hydrogens is 376 g/mol. The molecule has 0 radical (unpaired) electrons. The molecule has 0 aliphatic carbocycles. The summed E-state index contributed by atoms with van der Waals surface area (Å²) in [6.07, 6.45) is 2.05. The molecular formula is C21H30N2O4S. The van der Waals surface area contributed by atoms with Crippen LogP contribution in [0.1, 0.15) is 26.3 Å². The van der Waals surface area contributed by atoms with Gasteiger partial charge in [-0.3, -0.25) is 4.90 Å². The van der Waals surface area contributed by atoms with Gasteiger partial charge < -0.3 is 14.3 Å². The first-order chi connectivity index (χ1) is 13.4. The van der Waals surface area contributed by atoms with E-state index in [4.69, 9.17) is 14.3 Å². The highest BCUT2D eigenvalue weighted by molar-refractivity contribution is 7.98. The summed E-state index contributed by atoms with van der Waals surface area (Å²) in [5, 5.41) is 4.45. The van der Waals surface area contributed by atoms with Gasteiger partial charge in [0.1, 0.15) is 12.3 Å². The molecule has 0 N–H and O–H groups in total.